The minimum Gasteiger partial charge on any atom is -0.480 e. The molecule has 0 bridgehead atoms. The number of hydrogen-bond donors (Lipinski definition) is 2. The molecule has 0 aliphatic carbocycles. The molecule has 0 aromatic heterocycles. The molecule has 0 aliphatic heterocycles. The van der Waals surface area contributed by atoms with Gasteiger partial charge < -0.3 is 15.6 Å². The summed E-state index contributed by atoms with van der Waals surface area (Å²) in [6, 6.07) is 6.48. The molecular weight excluding hydrogens is 276 g/mol. The number of carbonyl (C=O) groups excluding carboxylic acids is 2. The van der Waals surface area contributed by atoms with Crippen molar-refractivity contribution in [1.82, 2.24) is 4.90 Å². The van der Waals surface area contributed by atoms with Crippen LogP contribution in [0.1, 0.15) is 19.4 Å². The summed E-state index contributed by atoms with van der Waals surface area (Å²) >= 11 is 0. The van der Waals surface area contributed by atoms with E-state index < -0.39 is 30.1 Å². The number of nitrogens with two attached hydrogens (primary N) is 1. The number of imide groups is 1. The number of carboxylic acid groups (broad SMARTS) is 1. The number of nitrogens with zero attached hydrogens (tertiary/aromatic N) is 1. The molecule has 3 N–H and O–H groups in total. The number of hydrogen-bond acceptors (Lipinski definition) is 5. The fraction of sp³-hybridized carbons (Fsp3) is 0.357. The Morgan fingerprint density at radius 2 is 1.81 bits per heavy atom. The molecular formula is C14H18N2O5. The van der Waals surface area contributed by atoms with Crippen molar-refractivity contribution in [2.75, 3.05) is 0 Å². The van der Waals surface area contributed by atoms with Gasteiger partial charge in [0, 0.05) is 0 Å². The molecule has 0 spiro atoms. The third-order valence-electron chi connectivity index (χ3n) is 2.77. The first kappa shape index (κ1) is 16.6. The molecule has 2 atom stereocenters. The highest BCUT2D eigenvalue weighted by atomic mass is 16.6. The SMILES string of the molecule is CC(N)C(=O)N(C(=O)OCc1ccccc1)C(C)C(=O)O. The van der Waals surface area contributed by atoms with Crippen LogP contribution >= 0.6 is 0 Å². The highest BCUT2D eigenvalue weighted by Gasteiger charge is 2.34. The van der Waals surface area contributed by atoms with Gasteiger partial charge in [-0.3, -0.25) is 4.79 Å². The standard InChI is InChI=1S/C14H18N2O5/c1-9(15)12(17)16(10(2)13(18)19)14(20)21-8-11-6-4-3-5-7-11/h3-7,9-10H,8,15H2,1-2H3,(H,18,19). The molecule has 1 aromatic rings. The van der Waals surface area contributed by atoms with Gasteiger partial charge in [-0.05, 0) is 19.4 Å². The maximum atomic E-state index is 12.0. The molecule has 1 rings (SSSR count). The van der Waals surface area contributed by atoms with E-state index in [-0.39, 0.29) is 6.61 Å². The number of amides is 2. The van der Waals surface area contributed by atoms with Gasteiger partial charge in [0.15, 0.2) is 0 Å². The Bertz CT molecular complexity index is 515. The van der Waals surface area contributed by atoms with Gasteiger partial charge in [-0.1, -0.05) is 30.3 Å². The maximum Gasteiger partial charge on any atom is 0.417 e. The van der Waals surface area contributed by atoms with Crippen LogP contribution in [0.5, 0.6) is 0 Å². The highest BCUT2D eigenvalue weighted by Crippen LogP contribution is 2.08. The van der Waals surface area contributed by atoms with Crippen LogP contribution in [-0.2, 0) is 20.9 Å². The van der Waals surface area contributed by atoms with E-state index in [9.17, 15) is 14.4 Å². The van der Waals surface area contributed by atoms with Crippen LogP contribution in [0.2, 0.25) is 0 Å². The molecule has 0 saturated heterocycles. The summed E-state index contributed by atoms with van der Waals surface area (Å²) in [5.74, 6) is -2.12. The third-order valence-corrected chi connectivity index (χ3v) is 2.77. The van der Waals surface area contributed by atoms with Crippen molar-refractivity contribution >= 4 is 18.0 Å². The Morgan fingerprint density at radius 3 is 2.29 bits per heavy atom. The summed E-state index contributed by atoms with van der Waals surface area (Å²) in [7, 11) is 0. The van der Waals surface area contributed by atoms with Gasteiger partial charge in [-0.25, -0.2) is 14.5 Å². The van der Waals surface area contributed by atoms with Crippen LogP contribution in [-0.4, -0.2) is 40.1 Å². The first-order valence-corrected chi connectivity index (χ1v) is 6.36. The fourth-order valence-corrected chi connectivity index (χ4v) is 1.56. The predicted octanol–water partition coefficient (Wildman–Crippen LogP) is 0.972. The number of benzene rings is 1. The number of aliphatic carboxylic acids is 1. The second kappa shape index (κ2) is 7.39. The maximum absolute atomic E-state index is 12.0. The number of carbonyl (C=O) groups is 3. The minimum atomic E-state index is -1.35. The molecule has 21 heavy (non-hydrogen) atoms. The smallest absolute Gasteiger partial charge is 0.417 e. The second-order valence-corrected chi connectivity index (χ2v) is 4.55. The van der Waals surface area contributed by atoms with Crippen LogP contribution in [0.3, 0.4) is 0 Å². The summed E-state index contributed by atoms with van der Waals surface area (Å²) in [5, 5.41) is 8.97. The van der Waals surface area contributed by atoms with E-state index in [4.69, 9.17) is 15.6 Å². The van der Waals surface area contributed by atoms with Crippen molar-refractivity contribution in [1.29, 1.82) is 0 Å². The lowest BCUT2D eigenvalue weighted by molar-refractivity contribution is -0.148. The van der Waals surface area contributed by atoms with Gasteiger partial charge in [0.25, 0.3) is 0 Å². The van der Waals surface area contributed by atoms with E-state index in [1.807, 2.05) is 6.07 Å². The van der Waals surface area contributed by atoms with E-state index >= 15 is 0 Å². The van der Waals surface area contributed by atoms with Gasteiger partial charge in [0.2, 0.25) is 5.91 Å². The van der Waals surface area contributed by atoms with Crippen molar-refractivity contribution < 1.29 is 24.2 Å². The number of rotatable bonds is 5. The molecule has 0 aliphatic rings. The lowest BCUT2D eigenvalue weighted by Gasteiger charge is -2.25. The molecule has 7 nitrogen and oxygen atoms in total. The Balaban J connectivity index is 2.80. The van der Waals surface area contributed by atoms with Crippen LogP contribution in [0.25, 0.3) is 0 Å². The van der Waals surface area contributed by atoms with Gasteiger partial charge in [-0.15, -0.1) is 0 Å². The van der Waals surface area contributed by atoms with Gasteiger partial charge in [0.05, 0.1) is 6.04 Å². The van der Waals surface area contributed by atoms with Crippen LogP contribution < -0.4 is 5.73 Å². The normalized spacial score (nSPS) is 13.1. The molecule has 7 heteroatoms. The van der Waals surface area contributed by atoms with Crippen molar-refractivity contribution in [3.63, 3.8) is 0 Å². The summed E-state index contributed by atoms with van der Waals surface area (Å²) in [6.07, 6.45) is -1.03. The second-order valence-electron chi connectivity index (χ2n) is 4.55. The average molecular weight is 294 g/mol. The zero-order valence-corrected chi connectivity index (χ0v) is 11.9. The molecule has 114 valence electrons. The van der Waals surface area contributed by atoms with E-state index in [2.05, 4.69) is 0 Å². The highest BCUT2D eigenvalue weighted by molar-refractivity contribution is 5.98. The monoisotopic (exact) mass is 294 g/mol. The summed E-state index contributed by atoms with van der Waals surface area (Å²) < 4.78 is 4.98. The van der Waals surface area contributed by atoms with Crippen molar-refractivity contribution in [2.45, 2.75) is 32.5 Å². The van der Waals surface area contributed by atoms with E-state index in [0.29, 0.717) is 4.90 Å². The fourth-order valence-electron chi connectivity index (χ4n) is 1.56. The zero-order chi connectivity index (χ0) is 16.0. The van der Waals surface area contributed by atoms with Crippen molar-refractivity contribution in [2.24, 2.45) is 5.73 Å². The lowest BCUT2D eigenvalue weighted by Crippen LogP contribution is -2.52. The molecule has 0 fully saturated rings. The Kier molecular flexibility index (Phi) is 5.86. The lowest BCUT2D eigenvalue weighted by atomic mass is 10.2. The Hall–Kier alpha value is -2.41. The topological polar surface area (TPSA) is 110 Å². The largest absolute Gasteiger partial charge is 0.480 e. The summed E-state index contributed by atoms with van der Waals surface area (Å²) in [4.78, 5) is 35.4. The zero-order valence-electron chi connectivity index (χ0n) is 11.9. The van der Waals surface area contributed by atoms with Crippen molar-refractivity contribution in [3.05, 3.63) is 35.9 Å². The van der Waals surface area contributed by atoms with Crippen LogP contribution in [0.15, 0.2) is 30.3 Å². The summed E-state index contributed by atoms with van der Waals surface area (Å²) in [5.41, 5.74) is 6.15. The van der Waals surface area contributed by atoms with Crippen molar-refractivity contribution in [3.8, 4) is 0 Å². The van der Waals surface area contributed by atoms with E-state index in [0.717, 1.165) is 5.56 Å². The summed E-state index contributed by atoms with van der Waals surface area (Å²) in [6.45, 7) is 2.52. The molecule has 2 amide bonds. The quantitative estimate of drug-likeness (QED) is 0.837. The van der Waals surface area contributed by atoms with Gasteiger partial charge >= 0.3 is 12.1 Å². The number of carboxylic acids is 1. The Morgan fingerprint density at radius 1 is 1.24 bits per heavy atom. The molecule has 1 aromatic carbocycles. The average Bonchev–Trinajstić information content (AvgIpc) is 2.45. The molecule has 0 radical (unpaired) electrons. The van der Waals surface area contributed by atoms with Gasteiger partial charge in [-0.2, -0.15) is 0 Å². The van der Waals surface area contributed by atoms with Gasteiger partial charge in [0.1, 0.15) is 12.6 Å². The van der Waals surface area contributed by atoms with Crippen LogP contribution in [0, 0.1) is 0 Å². The Labute approximate surface area is 122 Å². The molecule has 0 heterocycles. The first-order valence-electron chi connectivity index (χ1n) is 6.36. The van der Waals surface area contributed by atoms with E-state index in [1.54, 1.807) is 24.3 Å². The third kappa shape index (κ3) is 4.57. The predicted molar refractivity (Wildman–Crippen MR) is 74.2 cm³/mol. The number of ether oxygens (including phenoxy) is 1. The minimum absolute atomic E-state index is 0.0608. The first-order chi connectivity index (χ1) is 9.84. The van der Waals surface area contributed by atoms with Crippen LogP contribution in [0.4, 0.5) is 4.79 Å². The molecule has 2 unspecified atom stereocenters. The molecule has 0 saturated carbocycles. The van der Waals surface area contributed by atoms with E-state index in [1.165, 1.54) is 13.8 Å².